The molecule has 0 amide bonds. The minimum Gasteiger partial charge on any atom is -0.488 e. The molecule has 17 nitrogen and oxygen atoms in total. The van der Waals surface area contributed by atoms with Gasteiger partial charge < -0.3 is 14.2 Å². The van der Waals surface area contributed by atoms with Crippen molar-refractivity contribution >= 4 is 52.0 Å². The quantitative estimate of drug-likeness (QED) is 0.0279. The molecule has 0 heterocycles. The summed E-state index contributed by atoms with van der Waals surface area (Å²) in [5.41, 5.74) is -0.407. The number of ether oxygens (including phenoxy) is 3. The van der Waals surface area contributed by atoms with Gasteiger partial charge in [0.2, 0.25) is 0 Å². The summed E-state index contributed by atoms with van der Waals surface area (Å²) in [6.07, 6.45) is 2.57. The van der Waals surface area contributed by atoms with Crippen LogP contribution in [0.1, 0.15) is 128 Å². The van der Waals surface area contributed by atoms with Crippen molar-refractivity contribution in [2.45, 2.75) is 110 Å². The maximum atomic E-state index is 13.8. The summed E-state index contributed by atoms with van der Waals surface area (Å²) in [7, 11) is -19.5. The van der Waals surface area contributed by atoms with E-state index in [-0.39, 0.29) is 45.3 Å². The first kappa shape index (κ1) is 59.6. The first-order valence-electron chi connectivity index (χ1n) is 24.8. The number of carbonyl (C=O) groups excluding carboxylic acids is 2. The molecule has 0 aromatic heterocycles. The minimum absolute atomic E-state index is 0.122. The van der Waals surface area contributed by atoms with E-state index >= 15 is 0 Å². The number of hydrogen-bond acceptors (Lipinski definition) is 13. The molecule has 0 aliphatic carbocycles. The fraction of sp³-hybridized carbons (Fsp3) is 0.241. The highest BCUT2D eigenvalue weighted by molar-refractivity contribution is 7.86. The zero-order valence-corrected chi connectivity index (χ0v) is 47.3. The van der Waals surface area contributed by atoms with Gasteiger partial charge in [0, 0.05) is 27.7 Å². The summed E-state index contributed by atoms with van der Waals surface area (Å²) in [6, 6.07) is 35.7. The van der Waals surface area contributed by atoms with Crippen LogP contribution in [0.25, 0.3) is 0 Å². The second kappa shape index (κ2) is 22.6. The van der Waals surface area contributed by atoms with Crippen molar-refractivity contribution < 1.29 is 75.7 Å². The van der Waals surface area contributed by atoms with Gasteiger partial charge >= 0.3 is 0 Å². The van der Waals surface area contributed by atoms with E-state index in [0.29, 0.717) is 35.3 Å². The van der Waals surface area contributed by atoms with Crippen LogP contribution in [-0.2, 0) is 51.3 Å². The van der Waals surface area contributed by atoms with Crippen molar-refractivity contribution in [2.75, 3.05) is 0 Å². The Morgan fingerprint density at radius 1 is 0.418 bits per heavy atom. The molecule has 7 aromatic rings. The Morgan fingerprint density at radius 2 is 0.785 bits per heavy atom. The lowest BCUT2D eigenvalue weighted by atomic mass is 9.71. The van der Waals surface area contributed by atoms with Crippen molar-refractivity contribution in [1.29, 1.82) is 0 Å². The Kier molecular flexibility index (Phi) is 17.0. The second-order valence-electron chi connectivity index (χ2n) is 19.5. The molecule has 1 unspecified atom stereocenters. The molecule has 0 saturated heterocycles. The number of benzene rings is 7. The molecule has 0 fully saturated rings. The maximum Gasteiger partial charge on any atom is 0.298 e. The molecule has 21 heteroatoms. The summed E-state index contributed by atoms with van der Waals surface area (Å²) < 4.78 is 158. The second-order valence-corrected chi connectivity index (χ2v) is 25.1. The van der Waals surface area contributed by atoms with Gasteiger partial charge in [-0.2, -0.15) is 33.7 Å². The van der Waals surface area contributed by atoms with Gasteiger partial charge in [-0.05, 0) is 158 Å². The fourth-order valence-electron chi connectivity index (χ4n) is 9.01. The van der Waals surface area contributed by atoms with Crippen LogP contribution < -0.4 is 14.2 Å². The minimum atomic E-state index is -5.05. The normalized spacial score (nSPS) is 13.3. The largest absolute Gasteiger partial charge is 0.488 e. The van der Waals surface area contributed by atoms with Gasteiger partial charge in [-0.1, -0.05) is 95.3 Å². The van der Waals surface area contributed by atoms with Gasteiger partial charge in [0.1, 0.15) is 44.1 Å². The van der Waals surface area contributed by atoms with Gasteiger partial charge in [-0.15, -0.1) is 0 Å². The van der Waals surface area contributed by atoms with Crippen LogP contribution in [0.5, 0.6) is 28.7 Å². The summed E-state index contributed by atoms with van der Waals surface area (Å²) in [6.45, 7) is 13.6. The third kappa shape index (κ3) is 13.0. The van der Waals surface area contributed by atoms with Crippen molar-refractivity contribution in [3.05, 3.63) is 196 Å². The van der Waals surface area contributed by atoms with E-state index in [1.54, 1.807) is 48.5 Å². The Hall–Kier alpha value is -7.08. The smallest absolute Gasteiger partial charge is 0.298 e. The number of carbonyl (C=O) groups is 2. The van der Waals surface area contributed by atoms with Crippen LogP contribution in [0.3, 0.4) is 0 Å². The SMILES string of the molecule is CCC(C)(CC)Oc1ccc(C(C)(c2ccc(Oc3ccc(C(=O)c4cccc(S(=O)(=O)O)c4)cc3S(=O)(=O)O)cc2)c2ccc(Oc3ccc(C(=O)c4ccc(C(C)(CC)CC)c(S(=O)(=O)O)c4)cc3S(=O)(=O)O)cc2)cc1. The lowest BCUT2D eigenvalue weighted by Crippen LogP contribution is -2.30. The van der Waals surface area contributed by atoms with Gasteiger partial charge in [-0.25, -0.2) is 0 Å². The third-order valence-electron chi connectivity index (χ3n) is 14.7. The van der Waals surface area contributed by atoms with E-state index in [4.69, 9.17) is 14.2 Å². The molecular formula is C58H58O17S4. The van der Waals surface area contributed by atoms with Crippen LogP contribution in [0.15, 0.2) is 171 Å². The molecule has 0 bridgehead atoms. The highest BCUT2D eigenvalue weighted by Crippen LogP contribution is 2.43. The molecule has 0 aliphatic rings. The molecule has 4 N–H and O–H groups in total. The van der Waals surface area contributed by atoms with Crippen LogP contribution in [0.4, 0.5) is 0 Å². The van der Waals surface area contributed by atoms with Crippen molar-refractivity contribution in [3.63, 3.8) is 0 Å². The standard InChI is InChI=1S/C58H58O17S4/c1-8-56(5,9-2)48-30-15-38(34-51(48)77(64,65)66)55(60)40-17-32-50(53(36-40)79(70,71)72)74-45-26-20-42(21-27-45)58(7,43-22-28-46(29-23-43)75-57(6,10-3)11-4)41-18-24-44(25-19-41)73-49-31-16-39(35-52(49)78(67,68)69)54(59)37-13-12-14-47(33-37)76(61,62)63/h12-36H,8-11H2,1-7H3,(H,61,62,63)(H,64,65,66)(H,67,68,69)(H,70,71,72). The molecule has 7 aromatic carbocycles. The molecule has 0 aliphatic heterocycles. The summed E-state index contributed by atoms with van der Waals surface area (Å²) >= 11 is 0. The average Bonchev–Trinajstić information content (AvgIpc) is 3.57. The maximum absolute atomic E-state index is 13.8. The Labute approximate surface area is 460 Å². The molecule has 0 radical (unpaired) electrons. The van der Waals surface area contributed by atoms with Crippen molar-refractivity contribution in [2.24, 2.45) is 0 Å². The zero-order valence-electron chi connectivity index (χ0n) is 44.0. The van der Waals surface area contributed by atoms with Gasteiger partial charge in [0.25, 0.3) is 40.5 Å². The fourth-order valence-corrected chi connectivity index (χ4v) is 11.7. The summed E-state index contributed by atoms with van der Waals surface area (Å²) in [5, 5.41) is 0. The van der Waals surface area contributed by atoms with Crippen LogP contribution >= 0.6 is 0 Å². The number of rotatable bonds is 22. The Bertz CT molecular complexity index is 3930. The lowest BCUT2D eigenvalue weighted by molar-refractivity contribution is 0.0802. The first-order valence-corrected chi connectivity index (χ1v) is 30.5. The van der Waals surface area contributed by atoms with E-state index in [1.807, 2.05) is 72.7 Å². The van der Waals surface area contributed by atoms with Crippen LogP contribution in [-0.4, -0.2) is 69.0 Å². The summed E-state index contributed by atoms with van der Waals surface area (Å²) in [4.78, 5) is 24.7. The third-order valence-corrected chi connectivity index (χ3v) is 18.2. The van der Waals surface area contributed by atoms with Crippen LogP contribution in [0, 0.1) is 0 Å². The highest BCUT2D eigenvalue weighted by atomic mass is 32.2. The average molecular weight is 1160 g/mol. The molecule has 7 rings (SSSR count). The van der Waals surface area contributed by atoms with E-state index in [2.05, 4.69) is 0 Å². The van der Waals surface area contributed by atoms with Gasteiger partial charge in [0.05, 0.1) is 9.79 Å². The molecule has 0 saturated carbocycles. The molecule has 1 atom stereocenters. The Balaban J connectivity index is 1.22. The lowest BCUT2D eigenvalue weighted by Gasteiger charge is -2.33. The van der Waals surface area contributed by atoms with E-state index in [1.165, 1.54) is 42.5 Å². The van der Waals surface area contributed by atoms with E-state index in [0.717, 1.165) is 54.8 Å². The van der Waals surface area contributed by atoms with Gasteiger partial charge in [0.15, 0.2) is 11.6 Å². The first-order chi connectivity index (χ1) is 36.9. The van der Waals surface area contributed by atoms with E-state index < -0.39 is 88.1 Å². The number of hydrogen-bond donors (Lipinski definition) is 4. The Morgan fingerprint density at radius 3 is 1.15 bits per heavy atom. The van der Waals surface area contributed by atoms with Crippen LogP contribution in [0.2, 0.25) is 0 Å². The molecule has 79 heavy (non-hydrogen) atoms. The highest BCUT2D eigenvalue weighted by Gasteiger charge is 2.34. The molecule has 0 spiro atoms. The zero-order chi connectivity index (χ0) is 58.1. The predicted octanol–water partition coefficient (Wildman–Crippen LogP) is 12.1. The van der Waals surface area contributed by atoms with Gasteiger partial charge in [-0.3, -0.25) is 27.8 Å². The molecule has 416 valence electrons. The topological polar surface area (TPSA) is 279 Å². The summed E-state index contributed by atoms with van der Waals surface area (Å²) in [5.74, 6) is -1.42. The monoisotopic (exact) mass is 1150 g/mol. The molecular weight excluding hydrogens is 1100 g/mol. The predicted molar refractivity (Wildman–Crippen MR) is 294 cm³/mol. The van der Waals surface area contributed by atoms with E-state index in [9.17, 15) is 61.5 Å². The number of ketones is 2. The van der Waals surface area contributed by atoms with Crippen molar-refractivity contribution in [3.8, 4) is 28.7 Å². The van der Waals surface area contributed by atoms with Crippen molar-refractivity contribution in [1.82, 2.24) is 0 Å².